The van der Waals surface area contributed by atoms with Crippen LogP contribution in [0, 0.1) is 17.5 Å². The van der Waals surface area contributed by atoms with E-state index in [0.717, 1.165) is 29.5 Å². The van der Waals surface area contributed by atoms with Gasteiger partial charge in [0.25, 0.3) is 0 Å². The molecule has 158 valence electrons. The largest absolute Gasteiger partial charge is 1.00 e. The van der Waals surface area contributed by atoms with Crippen molar-refractivity contribution in [1.82, 2.24) is 4.98 Å². The molecule has 0 atom stereocenters. The average Bonchev–Trinajstić information content (AvgIpc) is 3.12. The minimum Gasteiger partial charge on any atom is -0.543 e. The monoisotopic (exact) mass is 469 g/mol. The number of halogens is 6. The number of aromatic carboxylic acids is 1. The zero-order valence-corrected chi connectivity index (χ0v) is 18.5. The summed E-state index contributed by atoms with van der Waals surface area (Å²) < 4.78 is 84.7. The van der Waals surface area contributed by atoms with Crippen molar-refractivity contribution in [2.75, 3.05) is 0 Å². The Labute approximate surface area is 197 Å². The first-order valence-corrected chi connectivity index (χ1v) is 9.04. The van der Waals surface area contributed by atoms with Gasteiger partial charge in [0.1, 0.15) is 18.2 Å². The third-order valence-electron chi connectivity index (χ3n) is 3.96. The van der Waals surface area contributed by atoms with E-state index in [1.807, 2.05) is 0 Å². The van der Waals surface area contributed by atoms with Gasteiger partial charge in [-0.3, -0.25) is 0 Å². The third-order valence-corrected chi connectivity index (χ3v) is 4.81. The van der Waals surface area contributed by atoms with Crippen LogP contribution >= 0.6 is 11.3 Å². The fraction of sp³-hybridized carbons (Fsp3) is 0.158. The van der Waals surface area contributed by atoms with Crippen molar-refractivity contribution >= 4 is 17.3 Å². The Hall–Kier alpha value is -2.08. The van der Waals surface area contributed by atoms with Gasteiger partial charge in [-0.1, -0.05) is 0 Å². The Kier molecular flexibility index (Phi) is 8.15. The zero-order valence-electron chi connectivity index (χ0n) is 15.7. The van der Waals surface area contributed by atoms with Gasteiger partial charge < -0.3 is 14.6 Å². The van der Waals surface area contributed by atoms with Crippen molar-refractivity contribution in [3.63, 3.8) is 0 Å². The van der Waals surface area contributed by atoms with Crippen molar-refractivity contribution in [3.05, 3.63) is 80.6 Å². The fourth-order valence-electron chi connectivity index (χ4n) is 2.51. The first-order chi connectivity index (χ1) is 14.0. The number of benzene rings is 2. The molecule has 0 spiro atoms. The summed E-state index contributed by atoms with van der Waals surface area (Å²) in [5, 5.41) is 12.2. The van der Waals surface area contributed by atoms with E-state index in [4.69, 9.17) is 4.74 Å². The topological polar surface area (TPSA) is 62.2 Å². The van der Waals surface area contributed by atoms with Crippen LogP contribution in [0.25, 0.3) is 0 Å². The van der Waals surface area contributed by atoms with Crippen molar-refractivity contribution in [3.8, 4) is 5.75 Å². The summed E-state index contributed by atoms with van der Waals surface area (Å²) in [6.45, 7) is -0.580. The first kappa shape index (κ1) is 25.2. The number of carbonyl (C=O) groups is 1. The molecule has 31 heavy (non-hydrogen) atoms. The van der Waals surface area contributed by atoms with Gasteiger partial charge in [-0.05, 0) is 24.3 Å². The number of carboxylic acid groups (broad SMARTS) is 1. The average molecular weight is 469 g/mol. The number of carbonyl (C=O) groups excluding carboxylic acids is 1. The van der Waals surface area contributed by atoms with Gasteiger partial charge in [0, 0.05) is 29.0 Å². The predicted molar refractivity (Wildman–Crippen MR) is 91.3 cm³/mol. The van der Waals surface area contributed by atoms with Crippen molar-refractivity contribution in [2.45, 2.75) is 19.2 Å². The molecule has 0 fully saturated rings. The second-order valence-electron chi connectivity index (χ2n) is 6.06. The molecule has 0 bridgehead atoms. The molecule has 0 saturated carbocycles. The van der Waals surface area contributed by atoms with E-state index < -0.39 is 41.8 Å². The van der Waals surface area contributed by atoms with Crippen LogP contribution in [0.4, 0.5) is 26.3 Å². The van der Waals surface area contributed by atoms with E-state index in [9.17, 15) is 36.2 Å². The quantitative estimate of drug-likeness (QED) is 0.309. The van der Waals surface area contributed by atoms with Gasteiger partial charge in [0.15, 0.2) is 11.6 Å². The van der Waals surface area contributed by atoms with Gasteiger partial charge in [-0.2, -0.15) is 13.2 Å². The van der Waals surface area contributed by atoms with Crippen LogP contribution < -0.4 is 39.4 Å². The number of hydrogen-bond donors (Lipinski definition) is 0. The maximum absolute atomic E-state index is 13.8. The molecule has 12 heteroatoms. The van der Waals surface area contributed by atoms with Crippen LogP contribution in [-0.4, -0.2) is 11.0 Å². The molecule has 0 unspecified atom stereocenters. The van der Waals surface area contributed by atoms with E-state index >= 15 is 0 Å². The van der Waals surface area contributed by atoms with Gasteiger partial charge in [-0.25, -0.2) is 18.2 Å². The van der Waals surface area contributed by atoms with Crippen LogP contribution in [0.15, 0.2) is 35.7 Å². The number of hydrogen-bond acceptors (Lipinski definition) is 5. The summed E-state index contributed by atoms with van der Waals surface area (Å²) >= 11 is 0.895. The predicted octanol–water partition coefficient (Wildman–Crippen LogP) is 1.12. The zero-order chi connectivity index (χ0) is 22.1. The summed E-state index contributed by atoms with van der Waals surface area (Å²) in [6, 6.07) is 3.45. The molecule has 3 rings (SSSR count). The first-order valence-electron chi connectivity index (χ1n) is 8.16. The minimum atomic E-state index is -4.65. The van der Waals surface area contributed by atoms with Crippen LogP contribution in [0.1, 0.15) is 32.2 Å². The standard InChI is InChI=1S/C19H11F6NO3S.Na/c20-12-6-14(22)13(21)4-10(12)7-29-16-2-1-11(19(23,24)25)3-9(16)5-17-26-15(8-30-17)18(27)28;/h1-4,6,8H,5,7H2,(H,27,28);/q;+1/p-1. The number of ether oxygens (including phenoxy) is 1. The molecule has 0 amide bonds. The molecular formula is C19H10F6NNaO3S. The Morgan fingerprint density at radius 3 is 2.32 bits per heavy atom. The molecular weight excluding hydrogens is 459 g/mol. The molecule has 4 nitrogen and oxygen atoms in total. The molecule has 0 N–H and O–H groups in total. The molecule has 0 aliphatic rings. The normalized spacial score (nSPS) is 11.2. The van der Waals surface area contributed by atoms with E-state index in [-0.39, 0.29) is 63.6 Å². The summed E-state index contributed by atoms with van der Waals surface area (Å²) in [5.41, 5.74) is -1.70. The van der Waals surface area contributed by atoms with Crippen molar-refractivity contribution < 1.29 is 70.5 Å². The van der Waals surface area contributed by atoms with E-state index in [0.29, 0.717) is 12.1 Å². The van der Waals surface area contributed by atoms with Crippen molar-refractivity contribution in [1.29, 1.82) is 0 Å². The number of carboxylic acids is 1. The van der Waals surface area contributed by atoms with Crippen LogP contribution in [0.2, 0.25) is 0 Å². The minimum absolute atomic E-state index is 0. The fourth-order valence-corrected chi connectivity index (χ4v) is 3.30. The van der Waals surface area contributed by atoms with Crippen LogP contribution in [-0.2, 0) is 19.2 Å². The number of rotatable bonds is 6. The molecule has 0 saturated heterocycles. The second kappa shape index (κ2) is 10.0. The molecule has 1 aromatic heterocycles. The van der Waals surface area contributed by atoms with Gasteiger partial charge >= 0.3 is 35.7 Å². The maximum atomic E-state index is 13.8. The number of alkyl halides is 3. The Morgan fingerprint density at radius 2 is 1.71 bits per heavy atom. The number of aromatic nitrogens is 1. The van der Waals surface area contributed by atoms with Crippen LogP contribution in [0.3, 0.4) is 0 Å². The Balaban J connectivity index is 0.00000341. The summed E-state index contributed by atoms with van der Waals surface area (Å²) in [6.07, 6.45) is -4.87. The van der Waals surface area contributed by atoms with Gasteiger partial charge in [0.05, 0.1) is 22.2 Å². The second-order valence-corrected chi connectivity index (χ2v) is 7.00. The van der Waals surface area contributed by atoms with E-state index in [2.05, 4.69) is 4.98 Å². The Bertz CT molecular complexity index is 1100. The smallest absolute Gasteiger partial charge is 0.543 e. The summed E-state index contributed by atoms with van der Waals surface area (Å²) in [7, 11) is 0. The van der Waals surface area contributed by atoms with Gasteiger partial charge in [-0.15, -0.1) is 11.3 Å². The van der Waals surface area contributed by atoms with Gasteiger partial charge in [0.2, 0.25) is 0 Å². The SMILES string of the molecule is O=C([O-])c1csc(Cc2cc(C(F)(F)F)ccc2OCc2cc(F)c(F)cc2F)n1.[Na+]. The molecule has 2 aromatic carbocycles. The molecule has 1 heterocycles. The molecule has 0 radical (unpaired) electrons. The molecule has 3 aromatic rings. The third kappa shape index (κ3) is 6.22. The summed E-state index contributed by atoms with van der Waals surface area (Å²) in [5.74, 6) is -5.40. The van der Waals surface area contributed by atoms with Crippen LogP contribution in [0.5, 0.6) is 5.75 Å². The molecule has 0 aliphatic carbocycles. The number of thiazole rings is 1. The molecule has 0 aliphatic heterocycles. The number of nitrogens with zero attached hydrogens (tertiary/aromatic N) is 1. The van der Waals surface area contributed by atoms with E-state index in [1.54, 1.807) is 0 Å². The Morgan fingerprint density at radius 1 is 1.03 bits per heavy atom. The summed E-state index contributed by atoms with van der Waals surface area (Å²) in [4.78, 5) is 14.6. The van der Waals surface area contributed by atoms with Crippen molar-refractivity contribution in [2.24, 2.45) is 0 Å². The maximum Gasteiger partial charge on any atom is 1.00 e. The van der Waals surface area contributed by atoms with E-state index in [1.165, 1.54) is 5.38 Å².